The van der Waals surface area contributed by atoms with E-state index >= 15 is 0 Å². The van der Waals surface area contributed by atoms with Gasteiger partial charge in [-0.05, 0) is 29.3 Å². The first kappa shape index (κ1) is 17.8. The summed E-state index contributed by atoms with van der Waals surface area (Å²) in [6.07, 6.45) is 4.99. The Bertz CT molecular complexity index is 940. The summed E-state index contributed by atoms with van der Waals surface area (Å²) in [5.74, 6) is -0.271. The van der Waals surface area contributed by atoms with Crippen LogP contribution < -0.4 is 20.2 Å². The molecule has 2 N–H and O–H groups in total. The van der Waals surface area contributed by atoms with Crippen LogP contribution in [0.5, 0.6) is 11.5 Å². The van der Waals surface area contributed by atoms with Crippen molar-refractivity contribution in [2.75, 3.05) is 13.3 Å². The average Bonchev–Trinajstić information content (AvgIpc) is 3.34. The SMILES string of the molecule is O=C1NCC(c2ccccc2)C1C(=O)NN=CC=Cc1ccc2c(c1)OCO2. The molecule has 7 nitrogen and oxygen atoms in total. The number of ether oxygens (including phenoxy) is 2. The Hall–Kier alpha value is -3.61. The van der Waals surface area contributed by atoms with Crippen molar-refractivity contribution < 1.29 is 19.1 Å². The molecule has 0 radical (unpaired) electrons. The van der Waals surface area contributed by atoms with E-state index in [0.717, 1.165) is 16.9 Å². The molecule has 2 aliphatic rings. The van der Waals surface area contributed by atoms with Gasteiger partial charge in [-0.15, -0.1) is 0 Å². The van der Waals surface area contributed by atoms with Crippen LogP contribution in [-0.4, -0.2) is 31.4 Å². The quantitative estimate of drug-likeness (QED) is 0.474. The fourth-order valence-corrected chi connectivity index (χ4v) is 3.32. The summed E-state index contributed by atoms with van der Waals surface area (Å²) in [5, 5.41) is 6.67. The molecule has 142 valence electrons. The first-order valence-corrected chi connectivity index (χ1v) is 8.94. The maximum atomic E-state index is 12.5. The first-order chi connectivity index (χ1) is 13.7. The van der Waals surface area contributed by atoms with Gasteiger partial charge in [0.1, 0.15) is 5.92 Å². The monoisotopic (exact) mass is 377 g/mol. The second-order valence-electron chi connectivity index (χ2n) is 6.47. The number of nitrogens with zero attached hydrogens (tertiary/aromatic N) is 1. The third kappa shape index (κ3) is 3.73. The molecule has 4 rings (SSSR count). The molecule has 2 amide bonds. The number of hydrazone groups is 1. The van der Waals surface area contributed by atoms with Gasteiger partial charge in [-0.1, -0.05) is 42.5 Å². The molecular formula is C21H19N3O4. The average molecular weight is 377 g/mol. The zero-order valence-electron chi connectivity index (χ0n) is 15.0. The molecule has 0 bridgehead atoms. The number of hydrogen-bond donors (Lipinski definition) is 2. The molecule has 0 aromatic heterocycles. The molecule has 2 heterocycles. The lowest BCUT2D eigenvalue weighted by Crippen LogP contribution is -2.34. The van der Waals surface area contributed by atoms with E-state index in [1.165, 1.54) is 6.21 Å². The zero-order chi connectivity index (χ0) is 19.3. The van der Waals surface area contributed by atoms with E-state index in [4.69, 9.17) is 9.47 Å². The number of amides is 2. The second-order valence-corrected chi connectivity index (χ2v) is 6.47. The highest BCUT2D eigenvalue weighted by Crippen LogP contribution is 2.32. The van der Waals surface area contributed by atoms with Crippen molar-refractivity contribution >= 4 is 24.1 Å². The van der Waals surface area contributed by atoms with Crippen molar-refractivity contribution in [3.8, 4) is 11.5 Å². The Morgan fingerprint density at radius 3 is 2.82 bits per heavy atom. The van der Waals surface area contributed by atoms with Gasteiger partial charge in [0.25, 0.3) is 5.91 Å². The van der Waals surface area contributed by atoms with Gasteiger partial charge < -0.3 is 14.8 Å². The molecule has 0 spiro atoms. The minimum Gasteiger partial charge on any atom is -0.454 e. The lowest BCUT2D eigenvalue weighted by molar-refractivity contribution is -0.133. The molecule has 2 aliphatic heterocycles. The van der Waals surface area contributed by atoms with E-state index in [2.05, 4.69) is 15.8 Å². The Morgan fingerprint density at radius 1 is 1.14 bits per heavy atom. The van der Waals surface area contributed by atoms with Crippen molar-refractivity contribution in [1.29, 1.82) is 0 Å². The van der Waals surface area contributed by atoms with Crippen LogP contribution in [0, 0.1) is 5.92 Å². The van der Waals surface area contributed by atoms with Crippen molar-refractivity contribution in [1.82, 2.24) is 10.7 Å². The molecule has 2 unspecified atom stereocenters. The lowest BCUT2D eigenvalue weighted by atomic mass is 9.88. The summed E-state index contributed by atoms with van der Waals surface area (Å²) < 4.78 is 10.6. The normalized spacial score (nSPS) is 20.6. The number of carbonyl (C=O) groups excluding carboxylic acids is 2. The fourth-order valence-electron chi connectivity index (χ4n) is 3.32. The number of fused-ring (bicyclic) bond motifs is 1. The van der Waals surface area contributed by atoms with E-state index in [1.807, 2.05) is 54.6 Å². The van der Waals surface area contributed by atoms with Gasteiger partial charge in [0.2, 0.25) is 12.7 Å². The van der Waals surface area contributed by atoms with Gasteiger partial charge in [-0.3, -0.25) is 9.59 Å². The van der Waals surface area contributed by atoms with Gasteiger partial charge in [0.05, 0.1) is 0 Å². The maximum Gasteiger partial charge on any atom is 0.253 e. The molecule has 2 atom stereocenters. The van der Waals surface area contributed by atoms with E-state index in [1.54, 1.807) is 6.08 Å². The Balaban J connectivity index is 1.36. The minimum atomic E-state index is -0.794. The van der Waals surface area contributed by atoms with Crippen LogP contribution in [0.2, 0.25) is 0 Å². The predicted molar refractivity (Wildman–Crippen MR) is 104 cm³/mol. The van der Waals surface area contributed by atoms with Crippen LogP contribution in [-0.2, 0) is 9.59 Å². The van der Waals surface area contributed by atoms with Gasteiger partial charge in [0, 0.05) is 18.7 Å². The number of carbonyl (C=O) groups is 2. The molecule has 2 aromatic carbocycles. The lowest BCUT2D eigenvalue weighted by Gasteiger charge is -2.15. The zero-order valence-corrected chi connectivity index (χ0v) is 15.0. The van der Waals surface area contributed by atoms with Crippen LogP contribution >= 0.6 is 0 Å². The van der Waals surface area contributed by atoms with Crippen molar-refractivity contribution in [2.24, 2.45) is 11.0 Å². The predicted octanol–water partition coefficient (Wildman–Crippen LogP) is 2.06. The summed E-state index contributed by atoms with van der Waals surface area (Å²) in [4.78, 5) is 24.6. The molecule has 1 saturated heterocycles. The maximum absolute atomic E-state index is 12.5. The van der Waals surface area contributed by atoms with Gasteiger partial charge >= 0.3 is 0 Å². The highest BCUT2D eigenvalue weighted by Gasteiger charge is 2.40. The second kappa shape index (κ2) is 7.96. The molecule has 7 heteroatoms. The Morgan fingerprint density at radius 2 is 1.96 bits per heavy atom. The number of nitrogens with one attached hydrogen (secondary N) is 2. The third-order valence-corrected chi connectivity index (χ3v) is 4.71. The summed E-state index contributed by atoms with van der Waals surface area (Å²) in [6.45, 7) is 0.670. The molecule has 0 saturated carbocycles. The molecule has 2 aromatic rings. The molecule has 1 fully saturated rings. The van der Waals surface area contributed by atoms with E-state index < -0.39 is 11.8 Å². The van der Waals surface area contributed by atoms with Crippen LogP contribution in [0.4, 0.5) is 0 Å². The standard InChI is InChI=1S/C21H19N3O4/c25-20-19(16(12-22-20)15-6-2-1-3-7-15)21(26)24-23-10-4-5-14-8-9-17-18(11-14)28-13-27-17/h1-11,16,19H,12-13H2,(H,22,25)(H,24,26). The van der Waals surface area contributed by atoms with Crippen molar-refractivity contribution in [3.05, 3.63) is 65.7 Å². The first-order valence-electron chi connectivity index (χ1n) is 8.94. The Kier molecular flexibility index (Phi) is 5.05. The Labute approximate surface area is 162 Å². The van der Waals surface area contributed by atoms with Crippen molar-refractivity contribution in [3.63, 3.8) is 0 Å². The van der Waals surface area contributed by atoms with E-state index in [-0.39, 0.29) is 18.6 Å². The van der Waals surface area contributed by atoms with E-state index in [9.17, 15) is 9.59 Å². The van der Waals surface area contributed by atoms with Crippen LogP contribution in [0.3, 0.4) is 0 Å². The van der Waals surface area contributed by atoms with E-state index in [0.29, 0.717) is 12.3 Å². The molecule has 28 heavy (non-hydrogen) atoms. The third-order valence-electron chi connectivity index (χ3n) is 4.71. The summed E-state index contributed by atoms with van der Waals surface area (Å²) in [5.41, 5.74) is 4.33. The molecule has 0 aliphatic carbocycles. The summed E-state index contributed by atoms with van der Waals surface area (Å²) >= 11 is 0. The number of hydrogen-bond acceptors (Lipinski definition) is 5. The van der Waals surface area contributed by atoms with Gasteiger partial charge in [-0.2, -0.15) is 5.10 Å². The van der Waals surface area contributed by atoms with Gasteiger partial charge in [-0.25, -0.2) is 5.43 Å². The number of benzene rings is 2. The summed E-state index contributed by atoms with van der Waals surface area (Å²) in [7, 11) is 0. The van der Waals surface area contributed by atoms with Crippen LogP contribution in [0.25, 0.3) is 6.08 Å². The highest BCUT2D eigenvalue weighted by molar-refractivity contribution is 6.03. The summed E-state index contributed by atoms with van der Waals surface area (Å²) in [6, 6.07) is 15.1. The highest BCUT2D eigenvalue weighted by atomic mass is 16.7. The largest absolute Gasteiger partial charge is 0.454 e. The number of allylic oxidation sites excluding steroid dienone is 1. The fraction of sp³-hybridized carbons (Fsp3) is 0.190. The van der Waals surface area contributed by atoms with Crippen molar-refractivity contribution in [2.45, 2.75) is 5.92 Å². The van der Waals surface area contributed by atoms with Crippen LogP contribution in [0.1, 0.15) is 17.0 Å². The van der Waals surface area contributed by atoms with Crippen LogP contribution in [0.15, 0.2) is 59.7 Å². The topological polar surface area (TPSA) is 89.0 Å². The minimum absolute atomic E-state index is 0.201. The van der Waals surface area contributed by atoms with Gasteiger partial charge in [0.15, 0.2) is 11.5 Å². The molecular weight excluding hydrogens is 358 g/mol. The smallest absolute Gasteiger partial charge is 0.253 e. The number of rotatable bonds is 5.